The van der Waals surface area contributed by atoms with Crippen LogP contribution in [0.5, 0.6) is 0 Å². The maximum Gasteiger partial charge on any atom is 0.0425 e. The van der Waals surface area contributed by atoms with Crippen molar-refractivity contribution < 1.29 is 21.7 Å². The maximum atomic E-state index is 5.43. The molecule has 0 saturated carbocycles. The van der Waals surface area contributed by atoms with E-state index in [0.29, 0.717) is 0 Å². The van der Waals surface area contributed by atoms with Crippen molar-refractivity contribution in [2.75, 3.05) is 0 Å². The summed E-state index contributed by atoms with van der Waals surface area (Å²) in [5, 5.41) is 0. The Bertz CT molecular complexity index is 727. The van der Waals surface area contributed by atoms with Crippen LogP contribution >= 0.6 is 7.05 Å². The van der Waals surface area contributed by atoms with Gasteiger partial charge in [0.05, 0.1) is 0 Å². The van der Waals surface area contributed by atoms with E-state index >= 15 is 0 Å². The van der Waals surface area contributed by atoms with Gasteiger partial charge in [-0.1, -0.05) is 103 Å². The van der Waals surface area contributed by atoms with Crippen LogP contribution in [0.3, 0.4) is 0 Å². The summed E-state index contributed by atoms with van der Waals surface area (Å²) in [6, 6.07) is 10.0. The average Bonchev–Trinajstić information content (AvgIpc) is 3.29. The van der Waals surface area contributed by atoms with Crippen molar-refractivity contribution >= 4 is 12.6 Å². The monoisotopic (exact) mass is 459 g/mol. The Morgan fingerprint density at radius 1 is 1.00 bits per heavy atom. The molecule has 0 aliphatic heterocycles. The molecule has 3 heteroatoms. The fourth-order valence-electron chi connectivity index (χ4n) is 3.98. The Labute approximate surface area is 201 Å². The molecule has 0 aromatic heterocycles. The molecular formula is C27H42NPTi. The number of benzene rings is 1. The quantitative estimate of drug-likeness (QED) is 0.198. The normalized spacial score (nSPS) is 17.2. The zero-order chi connectivity index (χ0) is 21.9. The first-order chi connectivity index (χ1) is 13.9. The van der Waals surface area contributed by atoms with E-state index in [1.54, 1.807) is 6.08 Å². The van der Waals surface area contributed by atoms with Crippen LogP contribution in [-0.2, 0) is 21.7 Å². The van der Waals surface area contributed by atoms with Crippen LogP contribution in [0.25, 0.3) is 5.57 Å². The van der Waals surface area contributed by atoms with Gasteiger partial charge in [-0.25, -0.2) is 0 Å². The number of allylic oxidation sites excluding steroid dienone is 5. The van der Waals surface area contributed by atoms with Crippen LogP contribution in [0, 0.1) is 0 Å². The van der Waals surface area contributed by atoms with Gasteiger partial charge in [-0.15, -0.1) is 0 Å². The van der Waals surface area contributed by atoms with Crippen molar-refractivity contribution in [3.8, 4) is 0 Å². The van der Waals surface area contributed by atoms with E-state index in [-0.39, 0.29) is 21.7 Å². The fraction of sp³-hybridized carbons (Fsp3) is 0.481. The van der Waals surface area contributed by atoms with Crippen molar-refractivity contribution in [3.63, 3.8) is 0 Å². The maximum absolute atomic E-state index is 5.43. The Balaban J connectivity index is 0.000000646. The summed E-state index contributed by atoms with van der Waals surface area (Å²) in [5.74, 6) is 0. The van der Waals surface area contributed by atoms with Gasteiger partial charge in [-0.2, -0.15) is 0 Å². The van der Waals surface area contributed by atoms with Crippen LogP contribution < -0.4 is 0 Å². The van der Waals surface area contributed by atoms with Gasteiger partial charge in [0.2, 0.25) is 0 Å². The molecule has 0 saturated heterocycles. The number of rotatable bonds is 9. The van der Waals surface area contributed by atoms with Crippen molar-refractivity contribution in [2.24, 2.45) is 4.74 Å². The summed E-state index contributed by atoms with van der Waals surface area (Å²) >= 11 is 0. The van der Waals surface area contributed by atoms with E-state index in [9.17, 15) is 0 Å². The third-order valence-corrected chi connectivity index (χ3v) is 12.3. The topological polar surface area (TPSA) is 12.4 Å². The molecule has 2 rings (SSSR count). The molecule has 0 radical (unpaired) electrons. The smallest absolute Gasteiger partial charge is 0.0425 e. The number of hydrogen-bond acceptors (Lipinski definition) is 1. The second kappa shape index (κ2) is 15.0. The number of nitrogens with zero attached hydrogens (tertiary/aromatic N) is 1. The summed E-state index contributed by atoms with van der Waals surface area (Å²) in [6.45, 7) is 21.8. The Hall–Kier alpha value is -0.876. The minimum absolute atomic E-state index is 0. The second-order valence-corrected chi connectivity index (χ2v) is 12.5. The summed E-state index contributed by atoms with van der Waals surface area (Å²) in [6.07, 6.45) is 13.2. The molecule has 0 bridgehead atoms. The van der Waals surface area contributed by atoms with Gasteiger partial charge in [0.15, 0.2) is 0 Å². The SMILES string of the molecule is C=CC(=C)c1ccccc1.CCC(C)P(=NC1=CC=CC1)(C(C)CC)C(C)CC.[Ti]. The molecule has 1 aliphatic carbocycles. The summed E-state index contributed by atoms with van der Waals surface area (Å²) in [7, 11) is -1.30. The summed E-state index contributed by atoms with van der Waals surface area (Å²) in [4.78, 5) is 0. The Morgan fingerprint density at radius 2 is 1.50 bits per heavy atom. The van der Waals surface area contributed by atoms with E-state index in [0.717, 1.165) is 34.5 Å². The zero-order valence-electron chi connectivity index (χ0n) is 20.1. The largest absolute Gasteiger partial charge is 0.271 e. The van der Waals surface area contributed by atoms with Crippen molar-refractivity contribution in [1.29, 1.82) is 0 Å². The second-order valence-electron chi connectivity index (χ2n) is 8.05. The molecule has 164 valence electrons. The van der Waals surface area contributed by atoms with Gasteiger partial charge < -0.3 is 0 Å². The molecule has 0 heterocycles. The molecule has 3 atom stereocenters. The van der Waals surface area contributed by atoms with E-state index in [4.69, 9.17) is 4.74 Å². The Morgan fingerprint density at radius 3 is 1.87 bits per heavy atom. The predicted molar refractivity (Wildman–Crippen MR) is 136 cm³/mol. The van der Waals surface area contributed by atoms with Crippen molar-refractivity contribution in [3.05, 3.63) is 79.1 Å². The van der Waals surface area contributed by atoms with Gasteiger partial charge in [0, 0.05) is 33.8 Å². The van der Waals surface area contributed by atoms with Gasteiger partial charge in [0.1, 0.15) is 0 Å². The van der Waals surface area contributed by atoms with Crippen LogP contribution in [0.4, 0.5) is 0 Å². The first-order valence-corrected chi connectivity index (χ1v) is 13.2. The third-order valence-electron chi connectivity index (χ3n) is 6.34. The first-order valence-electron chi connectivity index (χ1n) is 11.2. The minimum Gasteiger partial charge on any atom is -0.271 e. The minimum atomic E-state index is -1.30. The molecule has 3 unspecified atom stereocenters. The molecule has 0 N–H and O–H groups in total. The molecular weight excluding hydrogens is 417 g/mol. The van der Waals surface area contributed by atoms with Crippen molar-refractivity contribution in [1.82, 2.24) is 0 Å². The molecule has 0 fully saturated rings. The molecule has 0 amide bonds. The van der Waals surface area contributed by atoms with Gasteiger partial charge in [0.25, 0.3) is 0 Å². The standard InChI is InChI=1S/C17H32NP.C10H10.Ti/c1-7-14(4)19(15(5)8-2,16(6)9-3)18-17-12-10-11-13-17;1-3-9(2)10-7-5-4-6-8-10;/h10-12,14-16H,7-9,13H2,1-6H3;3-8H,1-2H2;. The fourth-order valence-corrected chi connectivity index (χ4v) is 9.53. The molecule has 30 heavy (non-hydrogen) atoms. The molecule has 1 aromatic carbocycles. The van der Waals surface area contributed by atoms with Crippen LogP contribution in [0.2, 0.25) is 0 Å². The van der Waals surface area contributed by atoms with Crippen LogP contribution in [0.15, 0.2) is 78.2 Å². The van der Waals surface area contributed by atoms with Crippen LogP contribution in [-0.4, -0.2) is 17.0 Å². The average molecular weight is 459 g/mol. The summed E-state index contributed by atoms with van der Waals surface area (Å²) in [5.41, 5.74) is 5.68. The van der Waals surface area contributed by atoms with E-state index < -0.39 is 7.05 Å². The Kier molecular flexibility index (Phi) is 14.6. The van der Waals surface area contributed by atoms with E-state index in [2.05, 4.69) is 72.9 Å². The van der Waals surface area contributed by atoms with Gasteiger partial charge >= 0.3 is 0 Å². The van der Waals surface area contributed by atoms with E-state index in [1.807, 2.05) is 30.3 Å². The van der Waals surface area contributed by atoms with Gasteiger partial charge in [-0.05, 0) is 60.5 Å². The van der Waals surface area contributed by atoms with Crippen molar-refractivity contribution in [2.45, 2.75) is 84.2 Å². The summed E-state index contributed by atoms with van der Waals surface area (Å²) < 4.78 is 5.43. The molecule has 1 aliphatic rings. The van der Waals surface area contributed by atoms with Gasteiger partial charge in [-0.3, -0.25) is 4.74 Å². The molecule has 1 aromatic rings. The molecule has 0 spiro atoms. The predicted octanol–water partition coefficient (Wildman–Crippen LogP) is 9.31. The zero-order valence-corrected chi connectivity index (χ0v) is 22.5. The molecule has 1 nitrogen and oxygen atoms in total. The third kappa shape index (κ3) is 7.67. The van der Waals surface area contributed by atoms with Crippen LogP contribution in [0.1, 0.15) is 72.8 Å². The first kappa shape index (κ1) is 29.1. The number of hydrogen-bond donors (Lipinski definition) is 0. The van der Waals surface area contributed by atoms with E-state index in [1.165, 1.54) is 25.0 Å².